The van der Waals surface area contributed by atoms with E-state index in [1.807, 2.05) is 39.0 Å². The Labute approximate surface area is 428 Å². The highest BCUT2D eigenvalue weighted by Crippen LogP contribution is 2.37. The number of nitro groups is 1. The van der Waals surface area contributed by atoms with Crippen molar-refractivity contribution in [1.29, 1.82) is 0 Å². The van der Waals surface area contributed by atoms with Crippen LogP contribution >= 0.6 is 0 Å². The monoisotopic (exact) mass is 1030 g/mol. The number of nitrogens with one attached hydrogen (secondary N) is 2. The standard InChI is InChI=1S/C55H70N4O13S/c1-8-55(4,5)53(64)52(63)43-19-12-13-20-44(43)54(65)72-47(27-21-38-22-28-48(70-6)49(32-38)71-7)39-17-14-18-40(33-39)56-50(61)29-30-51(62)57-45(31-37-15-10-9-11-16-37)46(60)35-58(34-36(2)3)73(68,69)42-25-23-41(24-26-42)59(66)67/h9-11,14-18,22-26,28,32-33,36,43-47,60H,8,12-13,19-21,27,29-31,34-35H2,1-7H3,(H,56,61)(H,57,62)/t43?,44?,45-,46+,47?/m0/s1. The Morgan fingerprint density at radius 3 is 2.11 bits per heavy atom. The van der Waals surface area contributed by atoms with Gasteiger partial charge < -0.3 is 30.0 Å². The fourth-order valence-electron chi connectivity index (χ4n) is 8.84. The van der Waals surface area contributed by atoms with Gasteiger partial charge in [-0.1, -0.05) is 96.0 Å². The number of ether oxygens (including phenoxy) is 3. The Morgan fingerprint density at radius 2 is 1.48 bits per heavy atom. The molecule has 18 heteroatoms. The molecule has 3 N–H and O–H groups in total. The molecule has 0 radical (unpaired) electrons. The smallest absolute Gasteiger partial charge is 0.310 e. The number of aliphatic hydroxyl groups is 1. The third kappa shape index (κ3) is 16.0. The largest absolute Gasteiger partial charge is 0.493 e. The number of nitro benzene ring substituents is 1. The van der Waals surface area contributed by atoms with Gasteiger partial charge in [0.05, 0.1) is 42.1 Å². The highest BCUT2D eigenvalue weighted by Gasteiger charge is 2.43. The fraction of sp³-hybridized carbons (Fsp3) is 0.473. The number of hydrogen-bond donors (Lipinski definition) is 3. The number of methoxy groups -OCH3 is 2. The van der Waals surface area contributed by atoms with E-state index < -0.39 is 86.3 Å². The van der Waals surface area contributed by atoms with Crippen LogP contribution in [0.4, 0.5) is 11.4 Å². The lowest BCUT2D eigenvalue weighted by Gasteiger charge is -2.32. The van der Waals surface area contributed by atoms with Crippen LogP contribution in [0.15, 0.2) is 102 Å². The topological polar surface area (TPSA) is 238 Å². The van der Waals surface area contributed by atoms with E-state index in [2.05, 4.69) is 10.6 Å². The minimum atomic E-state index is -4.25. The van der Waals surface area contributed by atoms with Crippen molar-refractivity contribution in [1.82, 2.24) is 9.62 Å². The molecule has 4 aromatic rings. The van der Waals surface area contributed by atoms with Crippen molar-refractivity contribution in [2.45, 2.75) is 122 Å². The zero-order chi connectivity index (χ0) is 53.5. The van der Waals surface area contributed by atoms with E-state index in [-0.39, 0.29) is 42.3 Å². The van der Waals surface area contributed by atoms with Crippen LogP contribution in [-0.2, 0) is 51.6 Å². The number of esters is 1. The van der Waals surface area contributed by atoms with E-state index in [0.717, 1.165) is 39.7 Å². The van der Waals surface area contributed by atoms with Gasteiger partial charge in [-0.05, 0) is 97.5 Å². The summed E-state index contributed by atoms with van der Waals surface area (Å²) >= 11 is 0. The zero-order valence-electron chi connectivity index (χ0n) is 42.8. The third-order valence-corrected chi connectivity index (χ3v) is 15.3. The van der Waals surface area contributed by atoms with Crippen molar-refractivity contribution < 1.29 is 56.6 Å². The average molecular weight is 1030 g/mol. The Hall–Kier alpha value is -6.50. The number of Topliss-reactive ketones (excluding diaryl/α,β-unsaturated/α-hetero) is 2. The van der Waals surface area contributed by atoms with Gasteiger partial charge in [0.25, 0.3) is 5.69 Å². The van der Waals surface area contributed by atoms with Gasteiger partial charge in [-0.3, -0.25) is 34.1 Å². The minimum Gasteiger partial charge on any atom is -0.493 e. The molecule has 0 bridgehead atoms. The van der Waals surface area contributed by atoms with E-state index in [9.17, 15) is 47.6 Å². The van der Waals surface area contributed by atoms with Crippen LogP contribution in [0.5, 0.6) is 11.5 Å². The zero-order valence-corrected chi connectivity index (χ0v) is 43.7. The van der Waals surface area contributed by atoms with Gasteiger partial charge in [0.2, 0.25) is 33.4 Å². The molecule has 1 aliphatic carbocycles. The Balaban J connectivity index is 1.31. The SMILES string of the molecule is CCC(C)(C)C(=O)C(=O)C1CCCCC1C(=O)OC(CCc1ccc(OC)c(OC)c1)c1cccc(NC(=O)CCC(=O)N[C@@H](Cc2ccccc2)[C@H](O)CN(CC(C)C)S(=O)(=O)c2ccc([N+](=O)[O-])cc2)c1. The van der Waals surface area contributed by atoms with E-state index in [4.69, 9.17) is 14.2 Å². The number of nitrogens with zero attached hydrogens (tertiary/aromatic N) is 2. The van der Waals surface area contributed by atoms with Gasteiger partial charge in [0.1, 0.15) is 6.10 Å². The molecule has 0 aromatic heterocycles. The van der Waals surface area contributed by atoms with Crippen molar-refractivity contribution >= 4 is 50.7 Å². The van der Waals surface area contributed by atoms with Gasteiger partial charge in [0, 0.05) is 55.1 Å². The summed E-state index contributed by atoms with van der Waals surface area (Å²) in [5.41, 5.74) is 1.41. The number of ketones is 2. The molecule has 4 aromatic carbocycles. The quantitative estimate of drug-likeness (QED) is 0.0221. The van der Waals surface area contributed by atoms with E-state index in [0.29, 0.717) is 67.7 Å². The van der Waals surface area contributed by atoms with Gasteiger partial charge >= 0.3 is 5.97 Å². The molecule has 3 unspecified atom stereocenters. The maximum atomic E-state index is 14.2. The molecule has 0 heterocycles. The molecule has 5 rings (SSSR count). The number of benzene rings is 4. The first-order valence-corrected chi connectivity index (χ1v) is 26.3. The van der Waals surface area contributed by atoms with Crippen LogP contribution < -0.4 is 20.1 Å². The number of carbonyl (C=O) groups is 5. The summed E-state index contributed by atoms with van der Waals surface area (Å²) < 4.78 is 46.1. The molecule has 394 valence electrons. The molecule has 1 saturated carbocycles. The number of aryl methyl sites for hydroxylation is 1. The first-order valence-electron chi connectivity index (χ1n) is 24.8. The summed E-state index contributed by atoms with van der Waals surface area (Å²) in [6.45, 7) is 8.53. The minimum absolute atomic E-state index is 0.00668. The summed E-state index contributed by atoms with van der Waals surface area (Å²) in [7, 11) is -1.17. The molecular formula is C55H70N4O13S. The highest BCUT2D eigenvalue weighted by molar-refractivity contribution is 7.89. The summed E-state index contributed by atoms with van der Waals surface area (Å²) in [5.74, 6) is -3.39. The van der Waals surface area contributed by atoms with Crippen LogP contribution in [-0.4, -0.2) is 91.6 Å². The number of sulfonamides is 1. The lowest BCUT2D eigenvalue weighted by Crippen LogP contribution is -2.51. The molecule has 5 atom stereocenters. The number of non-ortho nitro benzene ring substituents is 1. The third-order valence-electron chi connectivity index (χ3n) is 13.4. The van der Waals surface area contributed by atoms with Crippen molar-refractivity contribution in [3.05, 3.63) is 124 Å². The normalized spacial score (nSPS) is 16.2. The predicted octanol–water partition coefficient (Wildman–Crippen LogP) is 8.36. The molecule has 2 amide bonds. The van der Waals surface area contributed by atoms with E-state index >= 15 is 0 Å². The number of hydrogen-bond acceptors (Lipinski definition) is 13. The maximum absolute atomic E-state index is 14.2. The van der Waals surface area contributed by atoms with Crippen LogP contribution in [0.1, 0.15) is 109 Å². The average Bonchev–Trinajstić information content (AvgIpc) is 3.38. The van der Waals surface area contributed by atoms with Crippen molar-refractivity contribution in [3.8, 4) is 11.5 Å². The number of anilines is 1. The van der Waals surface area contributed by atoms with Crippen molar-refractivity contribution in [2.75, 3.05) is 32.6 Å². The molecule has 1 aliphatic rings. The summed E-state index contributed by atoms with van der Waals surface area (Å²) in [5, 5.41) is 28.6. The molecule has 17 nitrogen and oxygen atoms in total. The second-order valence-corrected chi connectivity index (χ2v) is 21.6. The Kier molecular flexibility index (Phi) is 20.8. The summed E-state index contributed by atoms with van der Waals surface area (Å²) in [6, 6.07) is 24.8. The van der Waals surface area contributed by atoms with E-state index in [1.165, 1.54) is 7.11 Å². The highest BCUT2D eigenvalue weighted by atomic mass is 32.2. The van der Waals surface area contributed by atoms with Gasteiger partial charge in [-0.15, -0.1) is 0 Å². The molecule has 0 saturated heterocycles. The Bertz CT molecular complexity index is 2660. The molecule has 0 aliphatic heterocycles. The fourth-order valence-corrected chi connectivity index (χ4v) is 10.5. The van der Waals surface area contributed by atoms with Gasteiger partial charge in [-0.25, -0.2) is 8.42 Å². The van der Waals surface area contributed by atoms with Crippen molar-refractivity contribution in [3.63, 3.8) is 0 Å². The molecular weight excluding hydrogens is 957 g/mol. The van der Waals surface area contributed by atoms with E-state index in [1.54, 1.807) is 75.6 Å². The molecule has 1 fully saturated rings. The first kappa shape index (κ1) is 57.4. The van der Waals surface area contributed by atoms with Crippen LogP contribution in [0.25, 0.3) is 0 Å². The predicted molar refractivity (Wildman–Crippen MR) is 275 cm³/mol. The first-order chi connectivity index (χ1) is 34.7. The second kappa shape index (κ2) is 26.5. The lowest BCUT2D eigenvalue weighted by molar-refractivity contribution is -0.384. The van der Waals surface area contributed by atoms with Crippen LogP contribution in [0.3, 0.4) is 0 Å². The number of amides is 2. The molecule has 0 spiro atoms. The maximum Gasteiger partial charge on any atom is 0.310 e. The van der Waals surface area contributed by atoms with Crippen LogP contribution in [0.2, 0.25) is 0 Å². The van der Waals surface area contributed by atoms with Gasteiger partial charge in [-0.2, -0.15) is 4.31 Å². The molecule has 73 heavy (non-hydrogen) atoms. The van der Waals surface area contributed by atoms with Crippen LogP contribution in [0, 0.1) is 33.3 Å². The van der Waals surface area contributed by atoms with Gasteiger partial charge in [0.15, 0.2) is 11.5 Å². The number of aliphatic hydroxyl groups excluding tert-OH is 1. The summed E-state index contributed by atoms with van der Waals surface area (Å²) in [4.78, 5) is 78.7. The number of carbonyl (C=O) groups excluding carboxylic acids is 5. The summed E-state index contributed by atoms with van der Waals surface area (Å²) in [6.07, 6.45) is 0.755. The Morgan fingerprint density at radius 1 is 0.822 bits per heavy atom. The number of rotatable bonds is 27. The lowest BCUT2D eigenvalue weighted by atomic mass is 9.72. The van der Waals surface area contributed by atoms with Crippen molar-refractivity contribution in [2.24, 2.45) is 23.2 Å². The second-order valence-electron chi connectivity index (χ2n) is 19.7.